The van der Waals surface area contributed by atoms with Crippen LogP contribution < -0.4 is 10.6 Å². The first-order valence-electron chi connectivity index (χ1n) is 8.79. The SMILES string of the molecule is C[C@@H](NC(=O)OC(C)(C)C)C(=O)N[C@H]1CCN(Cc2ccccc2)C1. The number of hydrogen-bond donors (Lipinski definition) is 2. The van der Waals surface area contributed by atoms with Crippen molar-refractivity contribution in [2.75, 3.05) is 13.1 Å². The summed E-state index contributed by atoms with van der Waals surface area (Å²) in [6, 6.07) is 9.79. The van der Waals surface area contributed by atoms with Gasteiger partial charge in [-0.2, -0.15) is 0 Å². The van der Waals surface area contributed by atoms with Crippen molar-refractivity contribution in [3.63, 3.8) is 0 Å². The van der Waals surface area contributed by atoms with Gasteiger partial charge in [-0.25, -0.2) is 4.79 Å². The van der Waals surface area contributed by atoms with E-state index in [0.29, 0.717) is 0 Å². The van der Waals surface area contributed by atoms with Gasteiger partial charge >= 0.3 is 6.09 Å². The van der Waals surface area contributed by atoms with Crippen molar-refractivity contribution < 1.29 is 14.3 Å². The molecule has 6 nitrogen and oxygen atoms in total. The number of amides is 2. The number of benzene rings is 1. The lowest BCUT2D eigenvalue weighted by Gasteiger charge is -2.22. The molecule has 1 saturated heterocycles. The van der Waals surface area contributed by atoms with Crippen LogP contribution in [0, 0.1) is 0 Å². The molecule has 2 rings (SSSR count). The quantitative estimate of drug-likeness (QED) is 0.857. The van der Waals surface area contributed by atoms with Gasteiger partial charge in [-0.05, 0) is 39.7 Å². The van der Waals surface area contributed by atoms with Gasteiger partial charge in [-0.15, -0.1) is 0 Å². The summed E-state index contributed by atoms with van der Waals surface area (Å²) < 4.78 is 5.17. The molecule has 138 valence electrons. The fraction of sp³-hybridized carbons (Fsp3) is 0.579. The van der Waals surface area contributed by atoms with Gasteiger partial charge in [0.2, 0.25) is 5.91 Å². The van der Waals surface area contributed by atoms with Gasteiger partial charge in [-0.1, -0.05) is 30.3 Å². The standard InChI is InChI=1S/C19H29N3O3/c1-14(20-18(24)25-19(2,3)4)17(23)21-16-10-11-22(13-16)12-15-8-6-5-7-9-15/h5-9,14,16H,10-13H2,1-4H3,(H,20,24)(H,21,23)/t14-,16+/m1/s1. The lowest BCUT2D eigenvalue weighted by atomic mass is 10.2. The Balaban J connectivity index is 1.74. The number of alkyl carbamates (subject to hydrolysis) is 1. The van der Waals surface area contributed by atoms with Crippen LogP contribution in [-0.2, 0) is 16.1 Å². The highest BCUT2D eigenvalue weighted by molar-refractivity contribution is 5.85. The van der Waals surface area contributed by atoms with E-state index in [4.69, 9.17) is 4.74 Å². The van der Waals surface area contributed by atoms with E-state index in [1.807, 2.05) is 18.2 Å². The van der Waals surface area contributed by atoms with Crippen molar-refractivity contribution in [1.82, 2.24) is 15.5 Å². The third-order valence-electron chi connectivity index (χ3n) is 3.99. The van der Waals surface area contributed by atoms with Gasteiger partial charge in [0.15, 0.2) is 0 Å². The molecule has 6 heteroatoms. The average molecular weight is 347 g/mol. The van der Waals surface area contributed by atoms with Crippen LogP contribution in [0.15, 0.2) is 30.3 Å². The first-order valence-corrected chi connectivity index (χ1v) is 8.79. The van der Waals surface area contributed by atoms with Crippen molar-refractivity contribution >= 4 is 12.0 Å². The predicted octanol–water partition coefficient (Wildman–Crippen LogP) is 2.29. The summed E-state index contributed by atoms with van der Waals surface area (Å²) in [5.41, 5.74) is 0.693. The molecule has 2 atom stereocenters. The summed E-state index contributed by atoms with van der Waals surface area (Å²) >= 11 is 0. The molecule has 0 spiro atoms. The second-order valence-corrected chi connectivity index (χ2v) is 7.58. The zero-order valence-corrected chi connectivity index (χ0v) is 15.5. The van der Waals surface area contributed by atoms with Crippen molar-refractivity contribution in [2.45, 2.75) is 58.3 Å². The van der Waals surface area contributed by atoms with Crippen molar-refractivity contribution in [3.05, 3.63) is 35.9 Å². The molecule has 0 radical (unpaired) electrons. The molecule has 0 aromatic heterocycles. The molecular weight excluding hydrogens is 318 g/mol. The molecule has 0 saturated carbocycles. The van der Waals surface area contributed by atoms with Crippen LogP contribution in [0.1, 0.15) is 39.7 Å². The first-order chi connectivity index (χ1) is 11.7. The number of carbonyl (C=O) groups is 2. The lowest BCUT2D eigenvalue weighted by Crippen LogP contribution is -2.49. The summed E-state index contributed by atoms with van der Waals surface area (Å²) in [5, 5.41) is 5.59. The topological polar surface area (TPSA) is 70.7 Å². The molecule has 1 aliphatic rings. The van der Waals surface area contributed by atoms with E-state index in [9.17, 15) is 9.59 Å². The fourth-order valence-corrected chi connectivity index (χ4v) is 2.81. The Kier molecular flexibility index (Phi) is 6.42. The molecule has 1 fully saturated rings. The maximum atomic E-state index is 12.3. The number of ether oxygens (including phenoxy) is 1. The minimum absolute atomic E-state index is 0.110. The van der Waals surface area contributed by atoms with E-state index in [0.717, 1.165) is 26.1 Å². The van der Waals surface area contributed by atoms with Gasteiger partial charge in [0.25, 0.3) is 0 Å². The molecule has 1 heterocycles. The Labute approximate surface area is 149 Å². The lowest BCUT2D eigenvalue weighted by molar-refractivity contribution is -0.123. The largest absolute Gasteiger partial charge is 0.444 e. The maximum Gasteiger partial charge on any atom is 0.408 e. The van der Waals surface area contributed by atoms with E-state index < -0.39 is 17.7 Å². The molecule has 0 unspecified atom stereocenters. The molecule has 1 aliphatic heterocycles. The van der Waals surface area contributed by atoms with Crippen LogP contribution >= 0.6 is 0 Å². The summed E-state index contributed by atoms with van der Waals surface area (Å²) in [7, 11) is 0. The third kappa shape index (κ3) is 6.74. The molecule has 25 heavy (non-hydrogen) atoms. The molecule has 2 N–H and O–H groups in total. The highest BCUT2D eigenvalue weighted by Crippen LogP contribution is 2.13. The molecule has 2 amide bonds. The van der Waals surface area contributed by atoms with Gasteiger partial charge < -0.3 is 15.4 Å². The van der Waals surface area contributed by atoms with Crippen LogP contribution in [0.3, 0.4) is 0 Å². The van der Waals surface area contributed by atoms with Crippen LogP contribution in [0.4, 0.5) is 4.79 Å². The highest BCUT2D eigenvalue weighted by Gasteiger charge is 2.27. The Morgan fingerprint density at radius 2 is 1.96 bits per heavy atom. The maximum absolute atomic E-state index is 12.3. The highest BCUT2D eigenvalue weighted by atomic mass is 16.6. The van der Waals surface area contributed by atoms with E-state index in [1.165, 1.54) is 5.56 Å². The second-order valence-electron chi connectivity index (χ2n) is 7.58. The number of nitrogens with one attached hydrogen (secondary N) is 2. The van der Waals surface area contributed by atoms with Gasteiger partial charge in [-0.3, -0.25) is 9.69 Å². The number of rotatable bonds is 5. The van der Waals surface area contributed by atoms with Gasteiger partial charge in [0.05, 0.1) is 0 Å². The van der Waals surface area contributed by atoms with Crippen LogP contribution in [0.2, 0.25) is 0 Å². The number of nitrogens with zero attached hydrogens (tertiary/aromatic N) is 1. The fourth-order valence-electron chi connectivity index (χ4n) is 2.81. The predicted molar refractivity (Wildman–Crippen MR) is 97.1 cm³/mol. The Morgan fingerprint density at radius 1 is 1.28 bits per heavy atom. The van der Waals surface area contributed by atoms with E-state index >= 15 is 0 Å². The van der Waals surface area contributed by atoms with Gasteiger partial charge in [0.1, 0.15) is 11.6 Å². The van der Waals surface area contributed by atoms with Gasteiger partial charge in [0, 0.05) is 25.7 Å². The molecule has 0 aliphatic carbocycles. The minimum atomic E-state index is -0.627. The van der Waals surface area contributed by atoms with Crippen molar-refractivity contribution in [2.24, 2.45) is 0 Å². The zero-order valence-electron chi connectivity index (χ0n) is 15.5. The molecule has 0 bridgehead atoms. The summed E-state index contributed by atoms with van der Waals surface area (Å²) in [4.78, 5) is 26.3. The Bertz CT molecular complexity index is 583. The number of hydrogen-bond acceptors (Lipinski definition) is 4. The van der Waals surface area contributed by atoms with Crippen LogP contribution in [-0.4, -0.2) is 47.7 Å². The summed E-state index contributed by atoms with van der Waals surface area (Å²) in [5.74, 6) is -0.183. The number of carbonyl (C=O) groups excluding carboxylic acids is 2. The van der Waals surface area contributed by atoms with E-state index in [1.54, 1.807) is 27.7 Å². The third-order valence-corrected chi connectivity index (χ3v) is 3.99. The summed E-state index contributed by atoms with van der Waals surface area (Å²) in [6.45, 7) is 9.69. The normalized spacial score (nSPS) is 19.3. The van der Waals surface area contributed by atoms with Crippen LogP contribution in [0.25, 0.3) is 0 Å². The monoisotopic (exact) mass is 347 g/mol. The average Bonchev–Trinajstić information content (AvgIpc) is 2.93. The molecular formula is C19H29N3O3. The summed E-state index contributed by atoms with van der Waals surface area (Å²) in [6.07, 6.45) is 0.338. The van der Waals surface area contributed by atoms with E-state index in [2.05, 4.69) is 27.7 Å². The van der Waals surface area contributed by atoms with Crippen molar-refractivity contribution in [1.29, 1.82) is 0 Å². The zero-order chi connectivity index (χ0) is 18.4. The number of likely N-dealkylation sites (tertiary alicyclic amines) is 1. The first kappa shape index (κ1) is 19.2. The Morgan fingerprint density at radius 3 is 2.60 bits per heavy atom. The Hall–Kier alpha value is -2.08. The van der Waals surface area contributed by atoms with Crippen molar-refractivity contribution in [3.8, 4) is 0 Å². The smallest absolute Gasteiger partial charge is 0.408 e. The minimum Gasteiger partial charge on any atom is -0.444 e. The second kappa shape index (κ2) is 8.34. The van der Waals surface area contributed by atoms with Crippen LogP contribution in [0.5, 0.6) is 0 Å². The molecule has 1 aromatic rings. The van der Waals surface area contributed by atoms with E-state index in [-0.39, 0.29) is 11.9 Å². The molecule has 1 aromatic carbocycles.